The van der Waals surface area contributed by atoms with Gasteiger partial charge in [-0.3, -0.25) is 19.2 Å². The van der Waals surface area contributed by atoms with Crippen molar-refractivity contribution >= 4 is 23.6 Å². The molecule has 1 aromatic rings. The Balaban J connectivity index is 2.19. The second kappa shape index (κ2) is 20.4. The number of carbonyl (C=O) groups excluding carboxylic acids is 4. The molecule has 0 unspecified atom stereocenters. The van der Waals surface area contributed by atoms with Gasteiger partial charge in [0.1, 0.15) is 6.04 Å². The van der Waals surface area contributed by atoms with Crippen LogP contribution in [-0.4, -0.2) is 112 Å². The number of hydrogen-bond donors (Lipinski definition) is 3. The van der Waals surface area contributed by atoms with Gasteiger partial charge >= 0.3 is 0 Å². The highest BCUT2D eigenvalue weighted by atomic mass is 16.5. The van der Waals surface area contributed by atoms with Crippen molar-refractivity contribution in [2.45, 2.75) is 103 Å². The van der Waals surface area contributed by atoms with E-state index < -0.39 is 30.2 Å². The highest BCUT2D eigenvalue weighted by Gasteiger charge is 2.42. The minimum atomic E-state index is -0.698. The van der Waals surface area contributed by atoms with Crippen LogP contribution in [0.3, 0.4) is 0 Å². The Morgan fingerprint density at radius 1 is 1.00 bits per heavy atom. The molecule has 8 atom stereocenters. The smallest absolute Gasteiger partial charge is 0.245 e. The van der Waals surface area contributed by atoms with Gasteiger partial charge in [0.2, 0.25) is 23.6 Å². The number of carbonyl (C=O) groups is 4. The Hall–Kier alpha value is -3.02. The highest BCUT2D eigenvalue weighted by Crippen LogP contribution is 2.29. The largest absolute Gasteiger partial charge is 0.379 e. The number of benzene rings is 1. The van der Waals surface area contributed by atoms with Gasteiger partial charge in [-0.2, -0.15) is 0 Å². The van der Waals surface area contributed by atoms with E-state index in [1.165, 1.54) is 0 Å². The molecule has 11 nitrogen and oxygen atoms in total. The number of hydrogen-bond acceptors (Lipinski definition) is 7. The van der Waals surface area contributed by atoms with Crippen LogP contribution in [-0.2, 0) is 35.1 Å². The fourth-order valence-electron chi connectivity index (χ4n) is 6.73. The third kappa shape index (κ3) is 11.3. The molecule has 4 amide bonds. The monoisotopic (exact) mass is 659 g/mol. The van der Waals surface area contributed by atoms with Crippen LogP contribution < -0.4 is 16.0 Å². The molecular weight excluding hydrogens is 598 g/mol. The predicted octanol–water partition coefficient (Wildman–Crippen LogP) is 3.02. The van der Waals surface area contributed by atoms with E-state index in [9.17, 15) is 19.2 Å². The maximum Gasteiger partial charge on any atom is 0.245 e. The number of likely N-dealkylation sites (tertiary alicyclic amines) is 1. The Bertz CT molecular complexity index is 1120. The first kappa shape index (κ1) is 40.2. The van der Waals surface area contributed by atoms with Gasteiger partial charge in [0, 0.05) is 34.4 Å². The van der Waals surface area contributed by atoms with Crippen molar-refractivity contribution in [1.82, 2.24) is 25.8 Å². The SMILES string of the molecule is CC[C@H](C)[C@@H]([C@@H](CC(=O)N1CCC[C@H]1[C@H](OC)[C@@H](C)C(=O)NCCc1ccccc1)OC)N(C)C(=O)[C@@H](NC(=O)CNC)[C@@H](C)CC. The van der Waals surface area contributed by atoms with Crippen LogP contribution in [0.25, 0.3) is 0 Å². The first-order chi connectivity index (χ1) is 22.4. The summed E-state index contributed by atoms with van der Waals surface area (Å²) in [4.78, 5) is 57.2. The van der Waals surface area contributed by atoms with Crippen molar-refractivity contribution in [1.29, 1.82) is 0 Å². The van der Waals surface area contributed by atoms with Gasteiger partial charge in [-0.1, -0.05) is 77.8 Å². The molecule has 2 rings (SSSR count). The number of ether oxygens (including phenoxy) is 2. The third-order valence-electron chi connectivity index (χ3n) is 9.95. The van der Waals surface area contributed by atoms with Crippen LogP contribution in [0.2, 0.25) is 0 Å². The molecule has 0 radical (unpaired) electrons. The molecule has 3 N–H and O–H groups in total. The molecule has 1 heterocycles. The van der Waals surface area contributed by atoms with E-state index in [2.05, 4.69) is 29.8 Å². The number of likely N-dealkylation sites (N-methyl/N-ethyl adjacent to an activating group) is 2. The second-order valence-electron chi connectivity index (χ2n) is 13.1. The lowest BCUT2D eigenvalue weighted by molar-refractivity contribution is -0.147. The van der Waals surface area contributed by atoms with Crippen molar-refractivity contribution < 1.29 is 28.7 Å². The molecule has 11 heteroatoms. The molecule has 1 fully saturated rings. The first-order valence-electron chi connectivity index (χ1n) is 17.3. The molecule has 0 saturated carbocycles. The molecular formula is C36H61N5O6. The van der Waals surface area contributed by atoms with E-state index in [-0.39, 0.29) is 54.5 Å². The summed E-state index contributed by atoms with van der Waals surface area (Å²) in [5.74, 6) is -1.16. The summed E-state index contributed by atoms with van der Waals surface area (Å²) in [5.41, 5.74) is 1.15. The maximum atomic E-state index is 14.0. The quantitative estimate of drug-likeness (QED) is 0.196. The number of rotatable bonds is 20. The fourth-order valence-corrected chi connectivity index (χ4v) is 6.73. The number of methoxy groups -OCH3 is 2. The summed E-state index contributed by atoms with van der Waals surface area (Å²) < 4.78 is 11.9. The summed E-state index contributed by atoms with van der Waals surface area (Å²) in [5, 5.41) is 8.79. The van der Waals surface area contributed by atoms with E-state index in [4.69, 9.17) is 9.47 Å². The average Bonchev–Trinajstić information content (AvgIpc) is 3.56. The van der Waals surface area contributed by atoms with Gasteiger partial charge in [-0.25, -0.2) is 0 Å². The molecule has 0 aliphatic carbocycles. The number of nitrogens with one attached hydrogen (secondary N) is 3. The van der Waals surface area contributed by atoms with Crippen molar-refractivity contribution in [2.75, 3.05) is 47.9 Å². The first-order valence-corrected chi connectivity index (χ1v) is 17.3. The molecule has 1 aromatic carbocycles. The normalized spacial score (nSPS) is 19.2. The zero-order chi connectivity index (χ0) is 35.1. The van der Waals surface area contributed by atoms with Crippen LogP contribution in [0, 0.1) is 17.8 Å². The zero-order valence-corrected chi connectivity index (χ0v) is 30.2. The summed E-state index contributed by atoms with van der Waals surface area (Å²) >= 11 is 0. The van der Waals surface area contributed by atoms with Gasteiger partial charge < -0.3 is 35.2 Å². The lowest BCUT2D eigenvalue weighted by Crippen LogP contribution is -2.58. The fraction of sp³-hybridized carbons (Fsp3) is 0.722. The van der Waals surface area contributed by atoms with Crippen LogP contribution in [0.4, 0.5) is 0 Å². The van der Waals surface area contributed by atoms with E-state index >= 15 is 0 Å². The molecule has 0 aromatic heterocycles. The van der Waals surface area contributed by atoms with Crippen LogP contribution >= 0.6 is 0 Å². The minimum Gasteiger partial charge on any atom is -0.379 e. The van der Waals surface area contributed by atoms with E-state index in [1.54, 1.807) is 33.2 Å². The van der Waals surface area contributed by atoms with Crippen LogP contribution in [0.1, 0.15) is 72.3 Å². The van der Waals surface area contributed by atoms with E-state index in [1.807, 2.05) is 56.0 Å². The summed E-state index contributed by atoms with van der Waals surface area (Å²) in [6.07, 6.45) is 2.80. The lowest BCUT2D eigenvalue weighted by atomic mass is 9.89. The predicted molar refractivity (Wildman–Crippen MR) is 185 cm³/mol. The topological polar surface area (TPSA) is 129 Å². The summed E-state index contributed by atoms with van der Waals surface area (Å²) in [7, 11) is 6.61. The molecule has 0 spiro atoms. The molecule has 1 aliphatic rings. The van der Waals surface area contributed by atoms with E-state index in [0.717, 1.165) is 31.2 Å². The van der Waals surface area contributed by atoms with Crippen molar-refractivity contribution in [3.8, 4) is 0 Å². The van der Waals surface area contributed by atoms with Crippen molar-refractivity contribution in [3.63, 3.8) is 0 Å². The van der Waals surface area contributed by atoms with Crippen LogP contribution in [0.5, 0.6) is 0 Å². The maximum absolute atomic E-state index is 14.0. The summed E-state index contributed by atoms with van der Waals surface area (Å²) in [6, 6.07) is 8.66. The van der Waals surface area contributed by atoms with Crippen molar-refractivity contribution in [3.05, 3.63) is 35.9 Å². The minimum absolute atomic E-state index is 0.0213. The van der Waals surface area contributed by atoms with Gasteiger partial charge in [0.05, 0.1) is 43.2 Å². The lowest BCUT2D eigenvalue weighted by Gasteiger charge is -2.41. The highest BCUT2D eigenvalue weighted by molar-refractivity contribution is 5.89. The Morgan fingerprint density at radius 3 is 2.23 bits per heavy atom. The average molecular weight is 660 g/mol. The van der Waals surface area contributed by atoms with Crippen LogP contribution in [0.15, 0.2) is 30.3 Å². The molecule has 1 saturated heterocycles. The summed E-state index contributed by atoms with van der Waals surface area (Å²) in [6.45, 7) is 11.1. The number of amides is 4. The molecule has 1 aliphatic heterocycles. The van der Waals surface area contributed by atoms with Gasteiger partial charge in [0.25, 0.3) is 0 Å². The van der Waals surface area contributed by atoms with Crippen molar-refractivity contribution in [2.24, 2.45) is 17.8 Å². The zero-order valence-electron chi connectivity index (χ0n) is 30.2. The third-order valence-corrected chi connectivity index (χ3v) is 9.95. The Labute approximate surface area is 282 Å². The Kier molecular flexibility index (Phi) is 17.4. The second-order valence-corrected chi connectivity index (χ2v) is 13.1. The Morgan fingerprint density at radius 2 is 1.66 bits per heavy atom. The molecule has 266 valence electrons. The number of nitrogens with zero attached hydrogens (tertiary/aromatic N) is 2. The van der Waals surface area contributed by atoms with Gasteiger partial charge in [0.15, 0.2) is 0 Å². The standard InChI is InChI=1S/C36H61N5O6/c1-10-24(3)32(39-30(42)23-37-6)36(45)40(7)33(25(4)11-2)29(46-8)22-31(43)41-21-15-18-28(41)34(47-9)26(5)35(44)38-20-19-27-16-13-12-14-17-27/h12-14,16-17,24-26,28-29,32-34,37H,10-11,15,18-23H2,1-9H3,(H,38,44)(H,39,42)/t24-,25-,26+,28-,29+,32-,33-,34+/m0/s1. The van der Waals surface area contributed by atoms with E-state index in [0.29, 0.717) is 19.5 Å². The van der Waals surface area contributed by atoms with Gasteiger partial charge in [-0.15, -0.1) is 0 Å². The molecule has 47 heavy (non-hydrogen) atoms. The molecule has 0 bridgehead atoms. The van der Waals surface area contributed by atoms with Gasteiger partial charge in [-0.05, 0) is 43.7 Å².